The summed E-state index contributed by atoms with van der Waals surface area (Å²) in [5, 5.41) is 3.04. The van der Waals surface area contributed by atoms with Crippen LogP contribution in [0.4, 0.5) is 0 Å². The Hall–Kier alpha value is -0.500. The van der Waals surface area contributed by atoms with Crippen molar-refractivity contribution in [3.8, 4) is 0 Å². The summed E-state index contributed by atoms with van der Waals surface area (Å²) in [6.07, 6.45) is 0. The predicted molar refractivity (Wildman–Crippen MR) is 52.7 cm³/mol. The molecule has 0 radical (unpaired) electrons. The zero-order valence-corrected chi connectivity index (χ0v) is 8.95. The summed E-state index contributed by atoms with van der Waals surface area (Å²) in [5.41, 5.74) is 2.61. The normalized spacial score (nSPS) is 8.36. The fourth-order valence-corrected chi connectivity index (χ4v) is 0.250. The molecular formula is C9H22N2. The summed E-state index contributed by atoms with van der Waals surface area (Å²) in [6.45, 7) is 6.24. The van der Waals surface area contributed by atoms with E-state index in [1.54, 1.807) is 0 Å². The molecule has 0 aliphatic heterocycles. The number of hydrogen-bond acceptors (Lipinski definition) is 2. The van der Waals surface area contributed by atoms with Crippen LogP contribution in [0.1, 0.15) is 20.8 Å². The summed E-state index contributed by atoms with van der Waals surface area (Å²) in [5.74, 6) is 0. The average Bonchev–Trinajstić information content (AvgIpc) is 1.85. The first-order valence-corrected chi connectivity index (χ1v) is 3.84. The molecule has 0 saturated carbocycles. The molecule has 0 spiro atoms. The van der Waals surface area contributed by atoms with Crippen molar-refractivity contribution in [2.45, 2.75) is 20.8 Å². The van der Waals surface area contributed by atoms with Crippen LogP contribution in [0, 0.1) is 0 Å². The molecule has 0 rings (SSSR count). The lowest BCUT2D eigenvalue weighted by atomic mass is 10.3. The van der Waals surface area contributed by atoms with E-state index in [1.165, 1.54) is 11.3 Å². The number of hydrogen-bond donors (Lipinski definition) is 1. The second kappa shape index (κ2) is 7.61. The van der Waals surface area contributed by atoms with E-state index in [-0.39, 0.29) is 0 Å². The van der Waals surface area contributed by atoms with Gasteiger partial charge in [-0.25, -0.2) is 0 Å². The lowest BCUT2D eigenvalue weighted by molar-refractivity contribution is 0.505. The first kappa shape index (κ1) is 13.1. The summed E-state index contributed by atoms with van der Waals surface area (Å²) < 4.78 is 0. The lowest BCUT2D eigenvalue weighted by Crippen LogP contribution is -2.02. The van der Waals surface area contributed by atoms with E-state index >= 15 is 0 Å². The average molecular weight is 158 g/mol. The summed E-state index contributed by atoms with van der Waals surface area (Å²) in [6, 6.07) is 0. The van der Waals surface area contributed by atoms with Gasteiger partial charge in [0.1, 0.15) is 0 Å². The second-order valence-electron chi connectivity index (χ2n) is 3.22. The van der Waals surface area contributed by atoms with Crippen LogP contribution >= 0.6 is 0 Å². The molecule has 0 aliphatic carbocycles. The van der Waals surface area contributed by atoms with Gasteiger partial charge in [-0.1, -0.05) is 5.57 Å². The minimum absolute atomic E-state index is 1.26. The number of nitrogens with zero attached hydrogens (tertiary/aromatic N) is 1. The molecule has 0 aromatic rings. The Balaban J connectivity index is 0. The summed E-state index contributed by atoms with van der Waals surface area (Å²) in [4.78, 5) is 2.00. The number of rotatable bonds is 1. The molecule has 0 aliphatic rings. The van der Waals surface area contributed by atoms with E-state index in [0.717, 1.165) is 0 Å². The number of allylic oxidation sites excluding steroid dienone is 2. The fraction of sp³-hybridized carbons (Fsp3) is 0.778. The predicted octanol–water partition coefficient (Wildman–Crippen LogP) is 1.70. The largest absolute Gasteiger partial charge is 0.392 e. The fourth-order valence-electron chi connectivity index (χ4n) is 0.250. The molecule has 0 atom stereocenters. The molecule has 0 aromatic carbocycles. The Morgan fingerprint density at radius 1 is 1.00 bits per heavy atom. The van der Waals surface area contributed by atoms with Gasteiger partial charge >= 0.3 is 0 Å². The van der Waals surface area contributed by atoms with Crippen molar-refractivity contribution in [2.24, 2.45) is 0 Å². The maximum Gasteiger partial charge on any atom is 0.00587 e. The second-order valence-corrected chi connectivity index (χ2v) is 3.22. The van der Waals surface area contributed by atoms with Gasteiger partial charge in [-0.3, -0.25) is 0 Å². The van der Waals surface area contributed by atoms with Crippen molar-refractivity contribution in [3.05, 3.63) is 11.3 Å². The minimum atomic E-state index is 1.26. The topological polar surface area (TPSA) is 15.3 Å². The van der Waals surface area contributed by atoms with Crippen LogP contribution in [-0.4, -0.2) is 33.1 Å². The minimum Gasteiger partial charge on any atom is -0.392 e. The van der Waals surface area contributed by atoms with Crippen LogP contribution < -0.4 is 5.32 Å². The maximum absolute atomic E-state index is 3.04. The molecule has 0 fully saturated rings. The molecule has 68 valence electrons. The molecule has 2 heteroatoms. The highest BCUT2D eigenvalue weighted by Crippen LogP contribution is 1.94. The molecule has 0 heterocycles. The van der Waals surface area contributed by atoms with Crippen molar-refractivity contribution in [1.29, 1.82) is 0 Å². The van der Waals surface area contributed by atoms with E-state index in [4.69, 9.17) is 0 Å². The molecule has 2 nitrogen and oxygen atoms in total. The van der Waals surface area contributed by atoms with Crippen molar-refractivity contribution < 1.29 is 0 Å². The van der Waals surface area contributed by atoms with Gasteiger partial charge in [0.15, 0.2) is 0 Å². The highest BCUT2D eigenvalue weighted by Gasteiger charge is 1.81. The third-order valence-corrected chi connectivity index (χ3v) is 1.12. The van der Waals surface area contributed by atoms with E-state index < -0.39 is 0 Å². The summed E-state index contributed by atoms with van der Waals surface area (Å²) >= 11 is 0. The highest BCUT2D eigenvalue weighted by atomic mass is 15.0. The van der Waals surface area contributed by atoms with Crippen LogP contribution in [0.25, 0.3) is 0 Å². The Morgan fingerprint density at radius 3 is 1.27 bits per heavy atom. The summed E-state index contributed by atoms with van der Waals surface area (Å²) in [7, 11) is 7.93. The number of nitrogens with one attached hydrogen (secondary N) is 1. The molecule has 0 saturated heterocycles. The van der Waals surface area contributed by atoms with Gasteiger partial charge in [0, 0.05) is 12.7 Å². The van der Waals surface area contributed by atoms with E-state index in [0.29, 0.717) is 0 Å². The van der Waals surface area contributed by atoms with Gasteiger partial charge in [0.25, 0.3) is 0 Å². The standard InChI is InChI=1S/C6H13N.C3H9N/c1-5(2)6(3)7-4;1-4(2)3/h7H,1-4H3;1-3H3. The van der Waals surface area contributed by atoms with Crippen molar-refractivity contribution in [3.63, 3.8) is 0 Å². The quantitative estimate of drug-likeness (QED) is 0.625. The Kier molecular flexibility index (Phi) is 9.07. The van der Waals surface area contributed by atoms with Crippen LogP contribution in [-0.2, 0) is 0 Å². The van der Waals surface area contributed by atoms with E-state index in [9.17, 15) is 0 Å². The molecule has 11 heavy (non-hydrogen) atoms. The van der Waals surface area contributed by atoms with Gasteiger partial charge < -0.3 is 10.2 Å². The zero-order valence-electron chi connectivity index (χ0n) is 8.95. The van der Waals surface area contributed by atoms with Gasteiger partial charge in [0.2, 0.25) is 0 Å². The molecule has 0 unspecified atom stereocenters. The Morgan fingerprint density at radius 2 is 1.27 bits per heavy atom. The molecular weight excluding hydrogens is 136 g/mol. The third kappa shape index (κ3) is 17.7. The first-order chi connectivity index (χ1) is 4.91. The Labute approximate surface area is 71.3 Å². The smallest absolute Gasteiger partial charge is 0.00587 e. The molecule has 1 N–H and O–H groups in total. The van der Waals surface area contributed by atoms with E-state index in [1.807, 2.05) is 33.1 Å². The lowest BCUT2D eigenvalue weighted by Gasteiger charge is -1.98. The molecule has 0 bridgehead atoms. The van der Waals surface area contributed by atoms with Crippen LogP contribution in [0.3, 0.4) is 0 Å². The Bertz CT molecular complexity index is 108. The highest BCUT2D eigenvalue weighted by molar-refractivity contribution is 5.03. The van der Waals surface area contributed by atoms with Crippen LogP contribution in [0.15, 0.2) is 11.3 Å². The van der Waals surface area contributed by atoms with Gasteiger partial charge in [-0.15, -0.1) is 0 Å². The van der Waals surface area contributed by atoms with Crippen LogP contribution in [0.2, 0.25) is 0 Å². The van der Waals surface area contributed by atoms with E-state index in [2.05, 4.69) is 26.1 Å². The van der Waals surface area contributed by atoms with Crippen molar-refractivity contribution in [2.75, 3.05) is 28.2 Å². The monoisotopic (exact) mass is 158 g/mol. The van der Waals surface area contributed by atoms with Crippen molar-refractivity contribution in [1.82, 2.24) is 10.2 Å². The maximum atomic E-state index is 3.04. The van der Waals surface area contributed by atoms with Gasteiger partial charge in [-0.05, 0) is 41.9 Å². The zero-order chi connectivity index (χ0) is 9.44. The van der Waals surface area contributed by atoms with Gasteiger partial charge in [0.05, 0.1) is 0 Å². The SMILES string of the molecule is CN(C)C.CNC(C)=C(C)C. The van der Waals surface area contributed by atoms with Crippen molar-refractivity contribution >= 4 is 0 Å². The van der Waals surface area contributed by atoms with Crippen LogP contribution in [0.5, 0.6) is 0 Å². The molecule has 0 amide bonds. The molecule has 0 aromatic heterocycles. The first-order valence-electron chi connectivity index (χ1n) is 3.84. The van der Waals surface area contributed by atoms with Gasteiger partial charge in [-0.2, -0.15) is 0 Å². The third-order valence-electron chi connectivity index (χ3n) is 1.12.